The molecule has 1 atom stereocenters. The smallest absolute Gasteiger partial charge is 0.0855 e. The molecule has 0 aromatic heterocycles. The van der Waals surface area contributed by atoms with Gasteiger partial charge >= 0.3 is 0 Å². The summed E-state index contributed by atoms with van der Waals surface area (Å²) in [5.41, 5.74) is 7.14. The van der Waals surface area contributed by atoms with Gasteiger partial charge in [-0.2, -0.15) is 0 Å². The Balaban J connectivity index is 2.62. The molecule has 0 aliphatic rings. The lowest BCUT2D eigenvalue weighted by atomic mass is 9.90. The van der Waals surface area contributed by atoms with E-state index in [2.05, 4.69) is 49.7 Å². The minimum absolute atomic E-state index is 0.228. The van der Waals surface area contributed by atoms with Crippen LogP contribution in [0.25, 0.3) is 0 Å². The fraction of sp³-hybridized carbons (Fsp3) is 0.294. The lowest BCUT2D eigenvalue weighted by molar-refractivity contribution is 1.05. The molecule has 2 aromatic rings. The van der Waals surface area contributed by atoms with Gasteiger partial charge < -0.3 is 0 Å². The van der Waals surface area contributed by atoms with E-state index >= 15 is 0 Å². The van der Waals surface area contributed by atoms with E-state index in [0.29, 0.717) is 5.02 Å². The summed E-state index contributed by atoms with van der Waals surface area (Å²) in [6.07, 6.45) is 0. The first-order valence-corrected chi connectivity index (χ1v) is 8.10. The van der Waals surface area contributed by atoms with Gasteiger partial charge in [-0.3, -0.25) is 0 Å². The molecular formula is C17H17BrCl2. The highest BCUT2D eigenvalue weighted by atomic mass is 79.9. The molecule has 20 heavy (non-hydrogen) atoms. The molecule has 0 saturated carbocycles. The van der Waals surface area contributed by atoms with Gasteiger partial charge in [0.1, 0.15) is 0 Å². The van der Waals surface area contributed by atoms with Gasteiger partial charge in [-0.15, -0.1) is 11.6 Å². The lowest BCUT2D eigenvalue weighted by Crippen LogP contribution is -2.04. The second kappa shape index (κ2) is 6.09. The van der Waals surface area contributed by atoms with Crippen LogP contribution in [0, 0.1) is 27.7 Å². The highest BCUT2D eigenvalue weighted by Crippen LogP contribution is 2.39. The summed E-state index contributed by atoms with van der Waals surface area (Å²) in [7, 11) is 0. The van der Waals surface area contributed by atoms with Crippen molar-refractivity contribution in [3.8, 4) is 0 Å². The Morgan fingerprint density at radius 3 is 2.00 bits per heavy atom. The first-order chi connectivity index (χ1) is 9.32. The van der Waals surface area contributed by atoms with Gasteiger partial charge in [-0.05, 0) is 73.2 Å². The predicted molar refractivity (Wildman–Crippen MR) is 92.2 cm³/mol. The Bertz CT molecular complexity index is 636. The van der Waals surface area contributed by atoms with Crippen LogP contribution in [0.2, 0.25) is 5.02 Å². The molecule has 0 heterocycles. The predicted octanol–water partition coefficient (Wildman–Crippen LogP) is 6.66. The average Bonchev–Trinajstić information content (AvgIpc) is 2.36. The number of halogens is 3. The molecule has 0 saturated heterocycles. The Labute approximate surface area is 139 Å². The van der Waals surface area contributed by atoms with Gasteiger partial charge in [0.05, 0.1) is 5.38 Å². The van der Waals surface area contributed by atoms with E-state index in [9.17, 15) is 0 Å². The molecule has 3 heteroatoms. The van der Waals surface area contributed by atoms with Crippen LogP contribution >= 0.6 is 39.1 Å². The minimum atomic E-state index is -0.228. The van der Waals surface area contributed by atoms with Crippen LogP contribution in [0.15, 0.2) is 28.7 Å². The zero-order valence-electron chi connectivity index (χ0n) is 12.0. The van der Waals surface area contributed by atoms with Gasteiger partial charge in [0, 0.05) is 9.50 Å². The Kier molecular flexibility index (Phi) is 4.84. The second-order valence-corrected chi connectivity index (χ2v) is 6.96. The van der Waals surface area contributed by atoms with E-state index in [1.165, 1.54) is 27.8 Å². The maximum absolute atomic E-state index is 6.74. The Morgan fingerprint density at radius 2 is 1.50 bits per heavy atom. The third-order valence-electron chi connectivity index (χ3n) is 3.91. The highest BCUT2D eigenvalue weighted by molar-refractivity contribution is 9.10. The van der Waals surface area contributed by atoms with Crippen molar-refractivity contribution >= 4 is 39.1 Å². The van der Waals surface area contributed by atoms with Gasteiger partial charge in [0.2, 0.25) is 0 Å². The zero-order valence-corrected chi connectivity index (χ0v) is 15.1. The summed E-state index contributed by atoms with van der Waals surface area (Å²) in [5.74, 6) is 0. The molecule has 0 N–H and O–H groups in total. The fourth-order valence-corrected chi connectivity index (χ4v) is 3.85. The number of aryl methyl sites for hydroxylation is 2. The van der Waals surface area contributed by atoms with E-state index in [-0.39, 0.29) is 5.38 Å². The van der Waals surface area contributed by atoms with E-state index in [1.54, 1.807) is 0 Å². The molecule has 106 valence electrons. The van der Waals surface area contributed by atoms with Crippen molar-refractivity contribution in [1.29, 1.82) is 0 Å². The lowest BCUT2D eigenvalue weighted by Gasteiger charge is -2.21. The van der Waals surface area contributed by atoms with Gasteiger partial charge in [0.15, 0.2) is 0 Å². The van der Waals surface area contributed by atoms with E-state index in [4.69, 9.17) is 23.2 Å². The molecule has 0 spiro atoms. The molecule has 0 aliphatic carbocycles. The molecule has 0 amide bonds. The van der Waals surface area contributed by atoms with E-state index < -0.39 is 0 Å². The summed E-state index contributed by atoms with van der Waals surface area (Å²) < 4.78 is 0.962. The SMILES string of the molecule is Cc1cc(C)c(C)c(C(Cl)c2ccc(Br)cc2Cl)c1C. The number of benzene rings is 2. The van der Waals surface area contributed by atoms with Gasteiger partial charge in [-0.25, -0.2) is 0 Å². The molecule has 0 fully saturated rings. The van der Waals surface area contributed by atoms with Gasteiger partial charge in [-0.1, -0.05) is 39.7 Å². The number of hydrogen-bond donors (Lipinski definition) is 0. The molecule has 0 aliphatic heterocycles. The van der Waals surface area contributed by atoms with Gasteiger partial charge in [0.25, 0.3) is 0 Å². The van der Waals surface area contributed by atoms with Crippen molar-refractivity contribution in [1.82, 2.24) is 0 Å². The summed E-state index contributed by atoms with van der Waals surface area (Å²) in [6, 6.07) is 8.06. The molecule has 2 rings (SSSR count). The van der Waals surface area contributed by atoms with Crippen molar-refractivity contribution in [3.05, 3.63) is 67.1 Å². The summed E-state index contributed by atoms with van der Waals surface area (Å²) >= 11 is 16.5. The van der Waals surface area contributed by atoms with Crippen molar-refractivity contribution in [2.75, 3.05) is 0 Å². The minimum Gasteiger partial charge on any atom is -0.113 e. The summed E-state index contributed by atoms with van der Waals surface area (Å²) in [6.45, 7) is 8.49. The van der Waals surface area contributed by atoms with Crippen LogP contribution in [-0.4, -0.2) is 0 Å². The summed E-state index contributed by atoms with van der Waals surface area (Å²) in [5, 5.41) is 0.464. The normalized spacial score (nSPS) is 12.6. The van der Waals surface area contributed by atoms with E-state index in [0.717, 1.165) is 10.0 Å². The molecular weight excluding hydrogens is 355 g/mol. The summed E-state index contributed by atoms with van der Waals surface area (Å²) in [4.78, 5) is 0. The van der Waals surface area contributed by atoms with Crippen molar-refractivity contribution in [2.45, 2.75) is 33.1 Å². The van der Waals surface area contributed by atoms with E-state index in [1.807, 2.05) is 18.2 Å². The molecule has 0 bridgehead atoms. The zero-order chi connectivity index (χ0) is 15.0. The number of rotatable bonds is 2. The maximum Gasteiger partial charge on any atom is 0.0855 e. The fourth-order valence-electron chi connectivity index (χ4n) is 2.49. The highest BCUT2D eigenvalue weighted by Gasteiger charge is 2.20. The van der Waals surface area contributed by atoms with Crippen LogP contribution in [-0.2, 0) is 0 Å². The number of hydrogen-bond acceptors (Lipinski definition) is 0. The molecule has 2 aromatic carbocycles. The topological polar surface area (TPSA) is 0 Å². The Hall–Kier alpha value is -0.500. The third kappa shape index (κ3) is 2.90. The number of alkyl halides is 1. The second-order valence-electron chi connectivity index (χ2n) is 5.20. The molecule has 0 radical (unpaired) electrons. The van der Waals surface area contributed by atoms with Crippen LogP contribution in [0.1, 0.15) is 38.8 Å². The first kappa shape index (κ1) is 15.9. The monoisotopic (exact) mass is 370 g/mol. The van der Waals surface area contributed by atoms with Crippen molar-refractivity contribution < 1.29 is 0 Å². The third-order valence-corrected chi connectivity index (χ3v) is 5.19. The Morgan fingerprint density at radius 1 is 0.950 bits per heavy atom. The van der Waals surface area contributed by atoms with Crippen LogP contribution in [0.5, 0.6) is 0 Å². The molecule has 1 unspecified atom stereocenters. The molecule has 0 nitrogen and oxygen atoms in total. The largest absolute Gasteiger partial charge is 0.113 e. The van der Waals surface area contributed by atoms with Crippen LogP contribution in [0.3, 0.4) is 0 Å². The quantitative estimate of drug-likeness (QED) is 0.517. The van der Waals surface area contributed by atoms with Crippen LogP contribution in [0.4, 0.5) is 0 Å². The standard InChI is InChI=1S/C17H17BrCl2/c1-9-7-10(2)12(4)16(11(9)3)17(20)14-6-5-13(18)8-15(14)19/h5-8,17H,1-4H3. The van der Waals surface area contributed by atoms with Crippen molar-refractivity contribution in [2.24, 2.45) is 0 Å². The van der Waals surface area contributed by atoms with Crippen molar-refractivity contribution in [3.63, 3.8) is 0 Å². The van der Waals surface area contributed by atoms with Crippen LogP contribution < -0.4 is 0 Å². The first-order valence-electron chi connectivity index (χ1n) is 6.49. The maximum atomic E-state index is 6.74. The average molecular weight is 372 g/mol.